The van der Waals surface area contributed by atoms with E-state index in [1.807, 2.05) is 24.3 Å². The number of nitro groups is 1. The van der Waals surface area contributed by atoms with Gasteiger partial charge in [-0.05, 0) is 36.4 Å². The Kier molecular flexibility index (Phi) is 7.07. The van der Waals surface area contributed by atoms with Crippen LogP contribution in [0.2, 0.25) is 5.02 Å². The first-order chi connectivity index (χ1) is 18.3. The van der Waals surface area contributed by atoms with E-state index in [2.05, 4.69) is 10.5 Å². The van der Waals surface area contributed by atoms with Crippen molar-refractivity contribution in [1.29, 1.82) is 0 Å². The molecule has 1 N–H and O–H groups in total. The van der Waals surface area contributed by atoms with E-state index in [0.29, 0.717) is 39.2 Å². The Hall–Kier alpha value is -4.29. The van der Waals surface area contributed by atoms with Gasteiger partial charge in [0.25, 0.3) is 5.91 Å². The largest absolute Gasteiger partial charge is 0.495 e. The van der Waals surface area contributed by atoms with E-state index in [1.54, 1.807) is 33.7 Å². The molecule has 4 aromatic rings. The van der Waals surface area contributed by atoms with E-state index in [4.69, 9.17) is 21.3 Å². The van der Waals surface area contributed by atoms with Gasteiger partial charge in [-0.3, -0.25) is 19.7 Å². The van der Waals surface area contributed by atoms with Crippen molar-refractivity contribution in [2.45, 2.75) is 18.9 Å². The summed E-state index contributed by atoms with van der Waals surface area (Å²) in [5.74, 6) is 0.411. The normalized spacial score (nSPS) is 15.5. The SMILES string of the molecule is COc1ccc(N2CC(c3nc4ccccc4n3CC(=O)N/N=C/c3ccc([N+](=O)[O-])s3)CC2=O)cc1Cl. The number of hydrogen-bond acceptors (Lipinski definition) is 8. The van der Waals surface area contributed by atoms with Crippen molar-refractivity contribution in [2.24, 2.45) is 5.10 Å². The van der Waals surface area contributed by atoms with Gasteiger partial charge in [-0.15, -0.1) is 0 Å². The van der Waals surface area contributed by atoms with Crippen LogP contribution in [0.25, 0.3) is 11.0 Å². The molecule has 194 valence electrons. The fourth-order valence-corrected chi connectivity index (χ4v) is 5.33. The van der Waals surface area contributed by atoms with Gasteiger partial charge in [0.05, 0.1) is 39.2 Å². The van der Waals surface area contributed by atoms with Gasteiger partial charge in [-0.1, -0.05) is 35.1 Å². The molecule has 0 saturated carbocycles. The van der Waals surface area contributed by atoms with E-state index >= 15 is 0 Å². The molecule has 38 heavy (non-hydrogen) atoms. The zero-order valence-electron chi connectivity index (χ0n) is 20.0. The second-order valence-corrected chi connectivity index (χ2v) is 10.00. The number of fused-ring (bicyclic) bond motifs is 1. The number of nitrogens with one attached hydrogen (secondary N) is 1. The Morgan fingerprint density at radius 3 is 2.87 bits per heavy atom. The van der Waals surface area contributed by atoms with Crippen LogP contribution in [0.4, 0.5) is 10.7 Å². The second kappa shape index (κ2) is 10.6. The summed E-state index contributed by atoms with van der Waals surface area (Å²) in [6.07, 6.45) is 1.58. The molecule has 1 aliphatic rings. The number of anilines is 1. The van der Waals surface area contributed by atoms with Crippen molar-refractivity contribution in [1.82, 2.24) is 15.0 Å². The Labute approximate surface area is 225 Å². The van der Waals surface area contributed by atoms with Gasteiger partial charge in [-0.25, -0.2) is 10.4 Å². The highest BCUT2D eigenvalue weighted by molar-refractivity contribution is 7.16. The molecule has 2 amide bonds. The molecule has 0 spiro atoms. The third-order valence-electron chi connectivity index (χ3n) is 6.10. The van der Waals surface area contributed by atoms with Gasteiger partial charge in [0, 0.05) is 30.6 Å². The van der Waals surface area contributed by atoms with Crippen molar-refractivity contribution < 1.29 is 19.2 Å². The molecule has 0 radical (unpaired) electrons. The molecule has 0 bridgehead atoms. The van der Waals surface area contributed by atoms with Gasteiger partial charge >= 0.3 is 5.00 Å². The number of nitrogens with zero attached hydrogens (tertiary/aromatic N) is 5. The molecule has 3 heterocycles. The Morgan fingerprint density at radius 1 is 1.32 bits per heavy atom. The average Bonchev–Trinajstić information content (AvgIpc) is 3.61. The molecule has 1 aliphatic heterocycles. The summed E-state index contributed by atoms with van der Waals surface area (Å²) in [5.41, 5.74) is 4.59. The summed E-state index contributed by atoms with van der Waals surface area (Å²) in [6, 6.07) is 15.6. The first-order valence-electron chi connectivity index (χ1n) is 11.5. The lowest BCUT2D eigenvalue weighted by Crippen LogP contribution is -2.26. The maximum Gasteiger partial charge on any atom is 0.324 e. The molecule has 13 heteroatoms. The van der Waals surface area contributed by atoms with Gasteiger partial charge in [0.15, 0.2) is 0 Å². The van der Waals surface area contributed by atoms with Crippen LogP contribution in [0.5, 0.6) is 5.75 Å². The predicted molar refractivity (Wildman–Crippen MR) is 144 cm³/mol. The number of aromatic nitrogens is 2. The number of thiophene rings is 1. The highest BCUT2D eigenvalue weighted by Crippen LogP contribution is 2.36. The molecular weight excluding hydrogens is 532 g/mol. The van der Waals surface area contributed by atoms with Gasteiger partial charge in [0.2, 0.25) is 5.91 Å². The second-order valence-electron chi connectivity index (χ2n) is 8.50. The van der Waals surface area contributed by atoms with Gasteiger partial charge < -0.3 is 14.2 Å². The molecular formula is C25H21ClN6O5S. The third kappa shape index (κ3) is 5.08. The first-order valence-corrected chi connectivity index (χ1v) is 12.7. The maximum atomic E-state index is 13.0. The lowest BCUT2D eigenvalue weighted by molar-refractivity contribution is -0.380. The number of carbonyl (C=O) groups is 2. The zero-order chi connectivity index (χ0) is 26.8. The summed E-state index contributed by atoms with van der Waals surface area (Å²) in [6.45, 7) is 0.304. The fraction of sp³-hybridized carbons (Fsp3) is 0.200. The van der Waals surface area contributed by atoms with Crippen LogP contribution in [0, 0.1) is 10.1 Å². The first kappa shape index (κ1) is 25.4. The third-order valence-corrected chi connectivity index (χ3v) is 7.36. The number of ether oxygens (including phenoxy) is 1. The van der Waals surface area contributed by atoms with Crippen LogP contribution in [-0.4, -0.2) is 46.2 Å². The fourth-order valence-electron chi connectivity index (χ4n) is 4.38. The smallest absolute Gasteiger partial charge is 0.324 e. The predicted octanol–water partition coefficient (Wildman–Crippen LogP) is 4.34. The molecule has 2 aromatic heterocycles. The molecule has 1 unspecified atom stereocenters. The van der Waals surface area contributed by atoms with Crippen molar-refractivity contribution in [3.05, 3.63) is 80.4 Å². The quantitative estimate of drug-likeness (QED) is 0.196. The van der Waals surface area contributed by atoms with Crippen LogP contribution in [-0.2, 0) is 16.1 Å². The Morgan fingerprint density at radius 2 is 2.13 bits per heavy atom. The Bertz CT molecular complexity index is 1580. The molecule has 0 aliphatic carbocycles. The van der Waals surface area contributed by atoms with Gasteiger partial charge in [-0.2, -0.15) is 5.10 Å². The van der Waals surface area contributed by atoms with Crippen LogP contribution in [0.1, 0.15) is 23.0 Å². The number of amides is 2. The highest BCUT2D eigenvalue weighted by Gasteiger charge is 2.35. The number of carbonyl (C=O) groups excluding carboxylic acids is 2. The number of hydrazone groups is 1. The van der Waals surface area contributed by atoms with Crippen LogP contribution >= 0.6 is 22.9 Å². The number of hydrogen-bond donors (Lipinski definition) is 1. The summed E-state index contributed by atoms with van der Waals surface area (Å²) < 4.78 is 7.00. The Balaban J connectivity index is 1.35. The summed E-state index contributed by atoms with van der Waals surface area (Å²) >= 11 is 7.23. The summed E-state index contributed by atoms with van der Waals surface area (Å²) in [5, 5.41) is 15.2. The molecule has 2 aromatic carbocycles. The monoisotopic (exact) mass is 552 g/mol. The van der Waals surface area contributed by atoms with E-state index in [1.165, 1.54) is 19.4 Å². The van der Waals surface area contributed by atoms with Gasteiger partial charge in [0.1, 0.15) is 18.1 Å². The maximum absolute atomic E-state index is 13.0. The highest BCUT2D eigenvalue weighted by atomic mass is 35.5. The number of rotatable bonds is 8. The summed E-state index contributed by atoms with van der Waals surface area (Å²) in [4.78, 5) is 43.1. The van der Waals surface area contributed by atoms with Crippen molar-refractivity contribution >= 4 is 62.7 Å². The topological polar surface area (TPSA) is 132 Å². The number of para-hydroxylation sites is 2. The molecule has 1 fully saturated rings. The van der Waals surface area contributed by atoms with E-state index in [-0.39, 0.29) is 29.8 Å². The molecule has 1 atom stereocenters. The number of halogens is 1. The van der Waals surface area contributed by atoms with Crippen LogP contribution in [0.15, 0.2) is 59.7 Å². The van der Waals surface area contributed by atoms with E-state index < -0.39 is 10.8 Å². The lowest BCUT2D eigenvalue weighted by atomic mass is 10.1. The molecule has 1 saturated heterocycles. The molecule has 11 nitrogen and oxygen atoms in total. The van der Waals surface area contributed by atoms with E-state index in [0.717, 1.165) is 16.9 Å². The van der Waals surface area contributed by atoms with Crippen molar-refractivity contribution in [2.75, 3.05) is 18.6 Å². The number of benzene rings is 2. The zero-order valence-corrected chi connectivity index (χ0v) is 21.6. The van der Waals surface area contributed by atoms with Crippen LogP contribution < -0.4 is 15.1 Å². The van der Waals surface area contributed by atoms with Crippen LogP contribution in [0.3, 0.4) is 0 Å². The minimum absolute atomic E-state index is 0.00984. The van der Waals surface area contributed by atoms with Crippen molar-refractivity contribution in [3.8, 4) is 5.75 Å². The number of methoxy groups -OCH3 is 1. The molecule has 5 rings (SSSR count). The minimum Gasteiger partial charge on any atom is -0.495 e. The van der Waals surface area contributed by atoms with E-state index in [9.17, 15) is 19.7 Å². The summed E-state index contributed by atoms with van der Waals surface area (Å²) in [7, 11) is 1.53. The lowest BCUT2D eigenvalue weighted by Gasteiger charge is -2.18. The minimum atomic E-state index is -0.482. The number of imidazole rings is 1. The standard InChI is InChI=1S/C25H21ClN6O5S/c1-37-21-8-6-16(11-18(21)26)30-13-15(10-23(30)34)25-28-19-4-2-3-5-20(19)31(25)14-22(33)29-27-12-17-7-9-24(38-17)32(35)36/h2-9,11-12,15H,10,13-14H2,1H3,(H,29,33)/b27-12+. The van der Waals surface area contributed by atoms with Crippen molar-refractivity contribution in [3.63, 3.8) is 0 Å². The average molecular weight is 553 g/mol.